The van der Waals surface area contributed by atoms with Gasteiger partial charge in [0.25, 0.3) is 0 Å². The number of methoxy groups -OCH3 is 1. The van der Waals surface area contributed by atoms with E-state index < -0.39 is 0 Å². The van der Waals surface area contributed by atoms with Gasteiger partial charge in [0, 0.05) is 49.5 Å². The van der Waals surface area contributed by atoms with Gasteiger partial charge >= 0.3 is 0 Å². The van der Waals surface area contributed by atoms with E-state index in [-0.39, 0.29) is 0 Å². The van der Waals surface area contributed by atoms with Crippen LogP contribution in [-0.4, -0.2) is 45.2 Å². The van der Waals surface area contributed by atoms with Crippen molar-refractivity contribution in [2.45, 2.75) is 32.2 Å². The van der Waals surface area contributed by atoms with E-state index in [2.05, 4.69) is 25.0 Å². The van der Waals surface area contributed by atoms with Gasteiger partial charge in [-0.05, 0) is 43.7 Å². The van der Waals surface area contributed by atoms with Gasteiger partial charge in [-0.1, -0.05) is 5.16 Å². The van der Waals surface area contributed by atoms with Crippen LogP contribution >= 0.6 is 0 Å². The Morgan fingerprint density at radius 2 is 1.96 bits per heavy atom. The monoisotopic (exact) mass is 365 g/mol. The molecule has 3 aromatic rings. The topological polar surface area (TPSA) is 77.2 Å². The molecular weight excluding hydrogens is 342 g/mol. The van der Waals surface area contributed by atoms with Crippen molar-refractivity contribution in [2.75, 3.05) is 20.2 Å². The fraction of sp³-hybridized carbons (Fsp3) is 0.400. The second-order valence-corrected chi connectivity index (χ2v) is 6.89. The maximum absolute atomic E-state index is 5.19. The first kappa shape index (κ1) is 17.6. The number of hydrogen-bond donors (Lipinski definition) is 0. The largest absolute Gasteiger partial charge is 0.497 e. The van der Waals surface area contributed by atoms with Crippen LogP contribution < -0.4 is 4.74 Å². The summed E-state index contributed by atoms with van der Waals surface area (Å²) in [7, 11) is 1.66. The molecule has 0 bridgehead atoms. The summed E-state index contributed by atoms with van der Waals surface area (Å²) in [5, 5.41) is 4.09. The fourth-order valence-corrected chi connectivity index (χ4v) is 3.47. The molecule has 1 fully saturated rings. The van der Waals surface area contributed by atoms with Crippen LogP contribution in [0.15, 0.2) is 41.2 Å². The predicted molar refractivity (Wildman–Crippen MR) is 100 cm³/mol. The molecule has 1 atom stereocenters. The number of rotatable bonds is 5. The van der Waals surface area contributed by atoms with Gasteiger partial charge in [0.15, 0.2) is 11.6 Å². The summed E-state index contributed by atoms with van der Waals surface area (Å²) in [6.45, 7) is 4.65. The highest BCUT2D eigenvalue weighted by molar-refractivity contribution is 5.55. The molecule has 4 rings (SSSR count). The lowest BCUT2D eigenvalue weighted by Gasteiger charge is -2.31. The van der Waals surface area contributed by atoms with Crippen LogP contribution in [0.1, 0.15) is 36.0 Å². The molecule has 0 saturated carbocycles. The summed E-state index contributed by atoms with van der Waals surface area (Å²) < 4.78 is 10.3. The van der Waals surface area contributed by atoms with E-state index in [4.69, 9.17) is 9.26 Å². The molecule has 0 radical (unpaired) electrons. The maximum atomic E-state index is 5.19. The van der Waals surface area contributed by atoms with Crippen molar-refractivity contribution >= 4 is 0 Å². The summed E-state index contributed by atoms with van der Waals surface area (Å²) in [5.41, 5.74) is 2.09. The number of nitrogens with zero attached hydrogens (tertiary/aromatic N) is 5. The van der Waals surface area contributed by atoms with E-state index in [1.165, 1.54) is 0 Å². The smallest absolute Gasteiger partial charge is 0.223 e. The van der Waals surface area contributed by atoms with Crippen molar-refractivity contribution in [3.8, 4) is 17.1 Å². The SMILES string of the molecule is COc1ccc(-c2ncc(CN3CCC[C@@H](c4noc(C)n4)C3)cn2)cc1. The molecule has 1 saturated heterocycles. The molecular formula is C20H23N5O2. The molecule has 3 heterocycles. The van der Waals surface area contributed by atoms with E-state index in [0.29, 0.717) is 11.8 Å². The van der Waals surface area contributed by atoms with Crippen molar-refractivity contribution in [3.05, 3.63) is 53.9 Å². The highest BCUT2D eigenvalue weighted by Gasteiger charge is 2.25. The average Bonchev–Trinajstić information content (AvgIpc) is 3.15. The average molecular weight is 365 g/mol. The summed E-state index contributed by atoms with van der Waals surface area (Å²) in [6.07, 6.45) is 6.05. The summed E-state index contributed by atoms with van der Waals surface area (Å²) >= 11 is 0. The van der Waals surface area contributed by atoms with Gasteiger partial charge in [-0.25, -0.2) is 9.97 Å². The molecule has 0 unspecified atom stereocenters. The molecule has 1 aromatic carbocycles. The number of benzene rings is 1. The van der Waals surface area contributed by atoms with Crippen LogP contribution in [0.25, 0.3) is 11.4 Å². The van der Waals surface area contributed by atoms with Crippen molar-refractivity contribution in [1.82, 2.24) is 25.0 Å². The Balaban J connectivity index is 1.40. The van der Waals surface area contributed by atoms with Gasteiger partial charge in [0.05, 0.1) is 7.11 Å². The van der Waals surface area contributed by atoms with Crippen LogP contribution in [0, 0.1) is 6.92 Å². The van der Waals surface area contributed by atoms with E-state index >= 15 is 0 Å². The van der Waals surface area contributed by atoms with E-state index in [1.54, 1.807) is 7.11 Å². The Morgan fingerprint density at radius 3 is 2.63 bits per heavy atom. The molecule has 2 aromatic heterocycles. The van der Waals surface area contributed by atoms with E-state index in [1.807, 2.05) is 43.6 Å². The Labute approximate surface area is 158 Å². The third kappa shape index (κ3) is 4.14. The molecule has 27 heavy (non-hydrogen) atoms. The fourth-order valence-electron chi connectivity index (χ4n) is 3.47. The molecule has 7 nitrogen and oxygen atoms in total. The van der Waals surface area contributed by atoms with Crippen molar-refractivity contribution in [2.24, 2.45) is 0 Å². The van der Waals surface area contributed by atoms with Gasteiger partial charge in [-0.2, -0.15) is 4.98 Å². The Kier molecular flexibility index (Phi) is 5.11. The highest BCUT2D eigenvalue weighted by Crippen LogP contribution is 2.26. The lowest BCUT2D eigenvalue weighted by Crippen LogP contribution is -2.34. The zero-order chi connectivity index (χ0) is 18.6. The molecule has 0 amide bonds. The normalized spacial score (nSPS) is 17.8. The van der Waals surface area contributed by atoms with Gasteiger partial charge in [-0.3, -0.25) is 4.90 Å². The zero-order valence-electron chi connectivity index (χ0n) is 15.6. The molecule has 1 aliphatic heterocycles. The van der Waals surface area contributed by atoms with Crippen molar-refractivity contribution in [1.29, 1.82) is 0 Å². The third-order valence-corrected chi connectivity index (χ3v) is 4.87. The molecule has 0 spiro atoms. The number of hydrogen-bond acceptors (Lipinski definition) is 7. The molecule has 0 aliphatic carbocycles. The van der Waals surface area contributed by atoms with E-state index in [0.717, 1.165) is 61.0 Å². The number of ether oxygens (including phenoxy) is 1. The summed E-state index contributed by atoms with van der Waals surface area (Å²) in [4.78, 5) is 15.9. The van der Waals surface area contributed by atoms with Crippen LogP contribution in [0.2, 0.25) is 0 Å². The Bertz CT molecular complexity index is 876. The Morgan fingerprint density at radius 1 is 1.19 bits per heavy atom. The lowest BCUT2D eigenvalue weighted by atomic mass is 9.97. The number of aryl methyl sites for hydroxylation is 1. The van der Waals surface area contributed by atoms with Crippen molar-refractivity contribution in [3.63, 3.8) is 0 Å². The number of likely N-dealkylation sites (tertiary alicyclic amines) is 1. The highest BCUT2D eigenvalue weighted by atomic mass is 16.5. The summed E-state index contributed by atoms with van der Waals surface area (Å²) in [6, 6.07) is 7.77. The maximum Gasteiger partial charge on any atom is 0.223 e. The van der Waals surface area contributed by atoms with Gasteiger partial charge in [0.2, 0.25) is 5.89 Å². The van der Waals surface area contributed by atoms with Crippen LogP contribution in [-0.2, 0) is 6.54 Å². The quantitative estimate of drug-likeness (QED) is 0.687. The second kappa shape index (κ2) is 7.84. The Hall–Kier alpha value is -2.80. The first-order chi connectivity index (χ1) is 13.2. The predicted octanol–water partition coefficient (Wildman–Crippen LogP) is 3.22. The zero-order valence-corrected chi connectivity index (χ0v) is 15.6. The first-order valence-electron chi connectivity index (χ1n) is 9.19. The third-order valence-electron chi connectivity index (χ3n) is 4.87. The standard InChI is InChI=1S/C20H23N5O2/c1-14-23-20(24-27-14)17-4-3-9-25(13-17)12-15-10-21-19(22-11-15)16-5-7-18(26-2)8-6-16/h5-8,10-11,17H,3-4,9,12-13H2,1-2H3/t17-/m1/s1. The van der Waals surface area contributed by atoms with Crippen LogP contribution in [0.3, 0.4) is 0 Å². The summed E-state index contributed by atoms with van der Waals surface area (Å²) in [5.74, 6) is 3.33. The van der Waals surface area contributed by atoms with Crippen LogP contribution in [0.4, 0.5) is 0 Å². The lowest BCUT2D eigenvalue weighted by molar-refractivity contribution is 0.194. The van der Waals surface area contributed by atoms with Gasteiger partial charge in [-0.15, -0.1) is 0 Å². The number of aromatic nitrogens is 4. The second-order valence-electron chi connectivity index (χ2n) is 6.89. The van der Waals surface area contributed by atoms with E-state index in [9.17, 15) is 0 Å². The van der Waals surface area contributed by atoms with Gasteiger partial charge < -0.3 is 9.26 Å². The minimum absolute atomic E-state index is 0.329. The van der Waals surface area contributed by atoms with Crippen molar-refractivity contribution < 1.29 is 9.26 Å². The number of piperidine rings is 1. The molecule has 0 N–H and O–H groups in total. The minimum atomic E-state index is 0.329. The molecule has 1 aliphatic rings. The molecule has 140 valence electrons. The molecule has 7 heteroatoms. The van der Waals surface area contributed by atoms with Crippen LogP contribution in [0.5, 0.6) is 5.75 Å². The first-order valence-corrected chi connectivity index (χ1v) is 9.19. The minimum Gasteiger partial charge on any atom is -0.497 e. The van der Waals surface area contributed by atoms with Gasteiger partial charge in [0.1, 0.15) is 5.75 Å².